The molecule has 0 amide bonds. The lowest BCUT2D eigenvalue weighted by Crippen LogP contribution is -2.34. The number of rotatable bonds is 11. The van der Waals surface area contributed by atoms with Gasteiger partial charge in [-0.05, 0) is 97.2 Å². The Morgan fingerprint density at radius 1 is 0.976 bits per heavy atom. The smallest absolute Gasteiger partial charge is 0.299 e. The van der Waals surface area contributed by atoms with Gasteiger partial charge in [0.2, 0.25) is 0 Å². The van der Waals surface area contributed by atoms with Crippen LogP contribution in [0.2, 0.25) is 0 Å². The van der Waals surface area contributed by atoms with Crippen LogP contribution in [0.4, 0.5) is 17.6 Å². The van der Waals surface area contributed by atoms with E-state index in [0.29, 0.717) is 18.0 Å². The van der Waals surface area contributed by atoms with Crippen molar-refractivity contribution in [2.45, 2.75) is 124 Å². The van der Waals surface area contributed by atoms with Crippen LogP contribution in [0.25, 0.3) is 0 Å². The van der Waals surface area contributed by atoms with E-state index in [1.165, 1.54) is 56.4 Å². The van der Waals surface area contributed by atoms with E-state index in [-0.39, 0.29) is 5.56 Å². The van der Waals surface area contributed by atoms with Gasteiger partial charge in [-0.15, -0.1) is 0 Å². The molecule has 1 aliphatic carbocycles. The molecule has 238 valence electrons. The number of hydrogen-bond acceptors (Lipinski definition) is 2. The molecule has 0 N–H and O–H groups in total. The van der Waals surface area contributed by atoms with Gasteiger partial charge in [-0.2, -0.15) is 13.2 Å². The summed E-state index contributed by atoms with van der Waals surface area (Å²) in [4.78, 5) is 4.54. The summed E-state index contributed by atoms with van der Waals surface area (Å²) < 4.78 is 55.5. The zero-order valence-corrected chi connectivity index (χ0v) is 27.8. The average molecular weight is 610 g/mol. The minimum Gasteiger partial charge on any atom is -0.299 e. The van der Waals surface area contributed by atoms with Gasteiger partial charge < -0.3 is 0 Å². The molecule has 2 aliphatic rings. The van der Waals surface area contributed by atoms with Crippen molar-refractivity contribution in [2.75, 3.05) is 13.1 Å². The third-order valence-corrected chi connectivity index (χ3v) is 10.4. The van der Waals surface area contributed by atoms with Crippen molar-refractivity contribution in [1.82, 2.24) is 4.90 Å². The fraction of sp³-hybridized carbons (Fsp3) is 0.667. The van der Waals surface area contributed by atoms with Gasteiger partial charge in [-0.25, -0.2) is 4.39 Å². The number of alkyl halides is 4. The second-order valence-electron chi connectivity index (χ2n) is 12.6. The largest absolute Gasteiger partial charge is 0.416 e. The van der Waals surface area contributed by atoms with Crippen molar-refractivity contribution < 1.29 is 17.6 Å². The summed E-state index contributed by atoms with van der Waals surface area (Å²) >= 11 is 1.71. The van der Waals surface area contributed by atoms with E-state index in [4.69, 9.17) is 0 Å². The first kappa shape index (κ1) is 36.7. The molecular weight excluding hydrogens is 554 g/mol. The normalized spacial score (nSPS) is 19.3. The number of likely N-dealkylation sites (tertiary alicyclic amines) is 1. The predicted molar refractivity (Wildman–Crippen MR) is 174 cm³/mol. The molecule has 42 heavy (non-hydrogen) atoms. The highest BCUT2D eigenvalue weighted by atomic mass is 32.2. The number of thioether (sulfide) groups is 1. The minimum atomic E-state index is -4.49. The summed E-state index contributed by atoms with van der Waals surface area (Å²) in [6, 6.07) is 3.54. The molecule has 3 rings (SSSR count). The topological polar surface area (TPSA) is 3.24 Å². The van der Waals surface area contributed by atoms with Crippen LogP contribution in [0.3, 0.4) is 0 Å². The average Bonchev–Trinajstić information content (AvgIpc) is 2.97. The van der Waals surface area contributed by atoms with Gasteiger partial charge in [0.15, 0.2) is 0 Å². The molecular formula is C36H55F4NS. The Balaban J connectivity index is 0.000000661. The highest BCUT2D eigenvalue weighted by Crippen LogP contribution is 2.40. The fourth-order valence-electron chi connectivity index (χ4n) is 5.61. The fourth-order valence-corrected chi connectivity index (χ4v) is 6.62. The highest BCUT2D eigenvalue weighted by Gasteiger charge is 2.37. The maximum absolute atomic E-state index is 15.6. The quantitative estimate of drug-likeness (QED) is 0.181. The molecule has 1 atom stereocenters. The van der Waals surface area contributed by atoms with Crippen LogP contribution in [-0.2, 0) is 18.4 Å². The maximum Gasteiger partial charge on any atom is 0.416 e. The summed E-state index contributed by atoms with van der Waals surface area (Å²) in [5.74, 6) is 1.07. The van der Waals surface area contributed by atoms with Crippen LogP contribution < -0.4 is 0 Å². The predicted octanol–water partition coefficient (Wildman–Crippen LogP) is 12.2. The highest BCUT2D eigenvalue weighted by molar-refractivity contribution is 8.06. The molecule has 2 fully saturated rings. The van der Waals surface area contributed by atoms with E-state index in [1.807, 2.05) is 0 Å². The molecule has 1 saturated carbocycles. The maximum atomic E-state index is 15.6. The van der Waals surface area contributed by atoms with Crippen LogP contribution >= 0.6 is 11.8 Å². The summed E-state index contributed by atoms with van der Waals surface area (Å²) in [6.45, 7) is 21.7. The van der Waals surface area contributed by atoms with Gasteiger partial charge in [-0.3, -0.25) is 4.90 Å². The second-order valence-corrected chi connectivity index (χ2v) is 13.8. The number of halogens is 4. The molecule has 1 heterocycles. The van der Waals surface area contributed by atoms with Gasteiger partial charge in [0.1, 0.15) is 5.67 Å². The molecule has 1 saturated heterocycles. The third-order valence-electron chi connectivity index (χ3n) is 9.19. The standard InChI is InChI=1S/C28H39F4NS.C8H16/c1-8-20(5)26(34-21(6)9-2)16-22-12-14-33(15-13-22)18-23-10-11-24(28(30,31)32)17-25(23)27(7,29)19(3)4;1-2-8-6-4-3-5-7-8/h10-11,16-17,19,22H,5-6,8-9,12-15,18H2,1-4,7H3;8H,2-7H2,1H3/b26-16-;. The van der Waals surface area contributed by atoms with Crippen LogP contribution in [0, 0.1) is 17.8 Å². The molecule has 1 aromatic carbocycles. The summed E-state index contributed by atoms with van der Waals surface area (Å²) in [6.07, 6.45) is 10.5. The van der Waals surface area contributed by atoms with Crippen LogP contribution in [0.15, 0.2) is 52.8 Å². The van der Waals surface area contributed by atoms with Crippen LogP contribution in [0.1, 0.15) is 122 Å². The number of allylic oxidation sites excluding steroid dienone is 3. The second kappa shape index (κ2) is 17.1. The van der Waals surface area contributed by atoms with Crippen molar-refractivity contribution >= 4 is 11.8 Å². The zero-order chi connectivity index (χ0) is 31.5. The van der Waals surface area contributed by atoms with Gasteiger partial charge in [0, 0.05) is 11.4 Å². The number of hydrogen-bond donors (Lipinski definition) is 0. The van der Waals surface area contributed by atoms with Crippen molar-refractivity contribution in [3.8, 4) is 0 Å². The van der Waals surface area contributed by atoms with Gasteiger partial charge in [0.05, 0.1) is 5.56 Å². The van der Waals surface area contributed by atoms with Gasteiger partial charge in [-0.1, -0.05) is 110 Å². The van der Waals surface area contributed by atoms with E-state index in [2.05, 4.69) is 44.9 Å². The summed E-state index contributed by atoms with van der Waals surface area (Å²) in [7, 11) is 0. The Kier molecular flexibility index (Phi) is 14.9. The monoisotopic (exact) mass is 609 g/mol. The number of benzene rings is 1. The van der Waals surface area contributed by atoms with Gasteiger partial charge >= 0.3 is 6.18 Å². The third kappa shape index (κ3) is 11.2. The lowest BCUT2D eigenvalue weighted by Gasteiger charge is -2.34. The Hall–Kier alpha value is -1.53. The SMILES string of the molecule is C=C(CC)S/C(=C\C1CCN(Cc2ccc(C(F)(F)F)cc2C(C)(F)C(C)C)CC1)C(=C)CC.CCC1CCCCC1. The first-order valence-electron chi connectivity index (χ1n) is 16.1. The van der Waals surface area contributed by atoms with Crippen molar-refractivity contribution in [3.63, 3.8) is 0 Å². The number of piperidine rings is 1. The van der Waals surface area contributed by atoms with Gasteiger partial charge in [0.25, 0.3) is 0 Å². The van der Waals surface area contributed by atoms with E-state index in [0.717, 1.165) is 67.3 Å². The summed E-state index contributed by atoms with van der Waals surface area (Å²) in [5.41, 5.74) is -0.737. The van der Waals surface area contributed by atoms with Crippen molar-refractivity contribution in [2.24, 2.45) is 17.8 Å². The molecule has 1 aliphatic heterocycles. The Morgan fingerprint density at radius 3 is 2.07 bits per heavy atom. The van der Waals surface area contributed by atoms with E-state index < -0.39 is 23.3 Å². The first-order valence-corrected chi connectivity index (χ1v) is 16.9. The molecule has 1 nitrogen and oxygen atoms in total. The molecule has 1 aromatic rings. The Labute approximate surface area is 258 Å². The molecule has 0 aromatic heterocycles. The van der Waals surface area contributed by atoms with E-state index in [1.54, 1.807) is 25.6 Å². The number of nitrogens with zero attached hydrogens (tertiary/aromatic N) is 1. The first-order chi connectivity index (χ1) is 19.7. The lowest BCUT2D eigenvalue weighted by atomic mass is 9.83. The van der Waals surface area contributed by atoms with Crippen molar-refractivity contribution in [3.05, 3.63) is 69.5 Å². The molecule has 6 heteroatoms. The minimum absolute atomic E-state index is 0.148. The summed E-state index contributed by atoms with van der Waals surface area (Å²) in [5, 5.41) is 0. The zero-order valence-electron chi connectivity index (χ0n) is 27.0. The molecule has 1 unspecified atom stereocenters. The van der Waals surface area contributed by atoms with Crippen molar-refractivity contribution in [1.29, 1.82) is 0 Å². The van der Waals surface area contributed by atoms with Crippen LogP contribution in [0.5, 0.6) is 0 Å². The molecule has 0 bridgehead atoms. The molecule has 0 spiro atoms. The lowest BCUT2D eigenvalue weighted by molar-refractivity contribution is -0.137. The Bertz CT molecular complexity index is 1030. The van der Waals surface area contributed by atoms with Crippen LogP contribution in [-0.4, -0.2) is 18.0 Å². The van der Waals surface area contributed by atoms with E-state index in [9.17, 15) is 13.2 Å². The Morgan fingerprint density at radius 2 is 1.60 bits per heavy atom. The van der Waals surface area contributed by atoms with E-state index >= 15 is 4.39 Å². The molecule has 0 radical (unpaired) electrons.